The van der Waals surface area contributed by atoms with Gasteiger partial charge in [0.05, 0.1) is 10.9 Å². The van der Waals surface area contributed by atoms with E-state index in [9.17, 15) is 4.79 Å². The molecule has 1 unspecified atom stereocenters. The van der Waals surface area contributed by atoms with Crippen LogP contribution in [0.15, 0.2) is 113 Å². The highest BCUT2D eigenvalue weighted by Crippen LogP contribution is 2.50. The average Bonchev–Trinajstić information content (AvgIpc) is 3.48. The fraction of sp³-hybridized carbons (Fsp3) is 0.270. The molecule has 43 heavy (non-hydrogen) atoms. The molecule has 6 nitrogen and oxygen atoms in total. The van der Waals surface area contributed by atoms with Crippen LogP contribution in [-0.2, 0) is 21.7 Å². The van der Waals surface area contributed by atoms with Crippen molar-refractivity contribution in [3.63, 3.8) is 0 Å². The highest BCUT2D eigenvalue weighted by atomic mass is 16.7. The van der Waals surface area contributed by atoms with Crippen LogP contribution in [0.3, 0.4) is 0 Å². The predicted molar refractivity (Wildman–Crippen MR) is 165 cm³/mol. The van der Waals surface area contributed by atoms with Crippen LogP contribution >= 0.6 is 0 Å². The van der Waals surface area contributed by atoms with Gasteiger partial charge in [-0.3, -0.25) is 4.79 Å². The van der Waals surface area contributed by atoms with Crippen LogP contribution in [0, 0.1) is 0 Å². The van der Waals surface area contributed by atoms with Crippen molar-refractivity contribution in [2.24, 2.45) is 0 Å². The SMILES string of the molecule is O=c1c(-c2ccc(CCCCOC3CCCCO3)cc2)coc2c3c(ccc12)OC(c1ccccc1)(c1ccccc1)O3. The number of hydrogen-bond acceptors (Lipinski definition) is 6. The average molecular weight is 575 g/mol. The number of fused-ring (bicyclic) bond motifs is 3. The van der Waals surface area contributed by atoms with E-state index < -0.39 is 5.79 Å². The molecule has 0 spiro atoms. The molecular weight excluding hydrogens is 540 g/mol. The van der Waals surface area contributed by atoms with Gasteiger partial charge in [0.2, 0.25) is 11.2 Å². The number of aryl methyl sites for hydroxylation is 1. The third kappa shape index (κ3) is 5.44. The zero-order valence-corrected chi connectivity index (χ0v) is 24.0. The van der Waals surface area contributed by atoms with Gasteiger partial charge in [-0.25, -0.2) is 0 Å². The number of benzene rings is 4. The minimum absolute atomic E-state index is 0.0305. The van der Waals surface area contributed by atoms with Crippen molar-refractivity contribution in [1.29, 1.82) is 0 Å². The Balaban J connectivity index is 1.09. The lowest BCUT2D eigenvalue weighted by Gasteiger charge is -2.28. The van der Waals surface area contributed by atoms with Crippen LogP contribution in [-0.4, -0.2) is 19.5 Å². The molecule has 1 atom stereocenters. The number of ether oxygens (including phenoxy) is 4. The third-order valence-corrected chi connectivity index (χ3v) is 8.23. The Morgan fingerprint density at radius 3 is 2.23 bits per heavy atom. The van der Waals surface area contributed by atoms with Gasteiger partial charge >= 0.3 is 5.79 Å². The lowest BCUT2D eigenvalue weighted by Crippen LogP contribution is -2.36. The highest BCUT2D eigenvalue weighted by Gasteiger charge is 2.46. The molecule has 0 aliphatic carbocycles. The minimum atomic E-state index is -1.19. The van der Waals surface area contributed by atoms with E-state index in [4.69, 9.17) is 23.4 Å². The summed E-state index contributed by atoms with van der Waals surface area (Å²) in [6.07, 6.45) is 7.78. The highest BCUT2D eigenvalue weighted by molar-refractivity contribution is 5.89. The first-order valence-corrected chi connectivity index (χ1v) is 15.1. The molecule has 1 saturated heterocycles. The van der Waals surface area contributed by atoms with Crippen LogP contribution in [0.2, 0.25) is 0 Å². The quantitative estimate of drug-likeness (QED) is 0.166. The monoisotopic (exact) mass is 574 g/mol. The molecule has 218 valence electrons. The summed E-state index contributed by atoms with van der Waals surface area (Å²) >= 11 is 0. The molecule has 4 aromatic carbocycles. The van der Waals surface area contributed by atoms with Crippen molar-refractivity contribution < 1.29 is 23.4 Å². The molecule has 0 amide bonds. The maximum Gasteiger partial charge on any atom is 0.305 e. The lowest BCUT2D eigenvalue weighted by molar-refractivity contribution is -0.162. The predicted octanol–water partition coefficient (Wildman–Crippen LogP) is 8.00. The summed E-state index contributed by atoms with van der Waals surface area (Å²) in [6.45, 7) is 1.53. The van der Waals surface area contributed by atoms with E-state index in [1.807, 2.05) is 72.8 Å². The molecule has 0 radical (unpaired) electrons. The molecule has 1 fully saturated rings. The zero-order chi connectivity index (χ0) is 29.1. The summed E-state index contributed by atoms with van der Waals surface area (Å²) in [5.74, 6) is -0.248. The largest absolute Gasteiger partial charge is 0.459 e. The van der Waals surface area contributed by atoms with Crippen molar-refractivity contribution in [1.82, 2.24) is 0 Å². The van der Waals surface area contributed by atoms with Gasteiger partial charge in [0.1, 0.15) is 6.26 Å². The Morgan fingerprint density at radius 1 is 0.791 bits per heavy atom. The van der Waals surface area contributed by atoms with Crippen LogP contribution in [0.25, 0.3) is 22.1 Å². The van der Waals surface area contributed by atoms with E-state index in [-0.39, 0.29) is 11.7 Å². The first kappa shape index (κ1) is 27.4. The van der Waals surface area contributed by atoms with Gasteiger partial charge in [-0.1, -0.05) is 84.9 Å². The van der Waals surface area contributed by atoms with Gasteiger partial charge < -0.3 is 23.4 Å². The molecule has 0 N–H and O–H groups in total. The Morgan fingerprint density at radius 2 is 1.53 bits per heavy atom. The number of hydrogen-bond donors (Lipinski definition) is 0. The summed E-state index contributed by atoms with van der Waals surface area (Å²) in [5.41, 5.74) is 4.50. The van der Waals surface area contributed by atoms with E-state index >= 15 is 0 Å². The first-order chi connectivity index (χ1) is 21.2. The van der Waals surface area contributed by atoms with Crippen LogP contribution in [0.4, 0.5) is 0 Å². The second-order valence-electron chi connectivity index (χ2n) is 11.1. The van der Waals surface area contributed by atoms with Crippen molar-refractivity contribution in [2.45, 2.75) is 50.6 Å². The van der Waals surface area contributed by atoms with Crippen molar-refractivity contribution >= 4 is 11.0 Å². The van der Waals surface area contributed by atoms with Crippen LogP contribution in [0.1, 0.15) is 48.8 Å². The summed E-state index contributed by atoms with van der Waals surface area (Å²) < 4.78 is 30.7. The Labute approximate surface area is 250 Å². The number of unbranched alkanes of at least 4 members (excludes halogenated alkanes) is 1. The topological polar surface area (TPSA) is 67.1 Å². The zero-order valence-electron chi connectivity index (χ0n) is 24.0. The van der Waals surface area contributed by atoms with E-state index in [0.717, 1.165) is 62.0 Å². The maximum atomic E-state index is 13.7. The molecule has 7 rings (SSSR count). The Hall–Kier alpha value is -4.39. The van der Waals surface area contributed by atoms with E-state index in [0.29, 0.717) is 28.0 Å². The molecule has 0 saturated carbocycles. The molecule has 6 heteroatoms. The molecule has 3 heterocycles. The lowest BCUT2D eigenvalue weighted by atomic mass is 9.97. The molecule has 2 aliphatic rings. The van der Waals surface area contributed by atoms with E-state index in [1.54, 1.807) is 12.1 Å². The fourth-order valence-corrected chi connectivity index (χ4v) is 5.91. The number of rotatable bonds is 9. The van der Waals surface area contributed by atoms with Crippen molar-refractivity contribution in [3.05, 3.63) is 130 Å². The maximum absolute atomic E-state index is 13.7. The van der Waals surface area contributed by atoms with Gasteiger partial charge in [0, 0.05) is 24.3 Å². The second kappa shape index (κ2) is 12.1. The van der Waals surface area contributed by atoms with E-state index in [2.05, 4.69) is 12.1 Å². The summed E-state index contributed by atoms with van der Waals surface area (Å²) in [6, 6.07) is 31.3. The standard InChI is InChI=1S/C37H34O6/c38-34-30-21-22-32-36(43-37(42-32,28-12-3-1-4-13-28)29-14-5-2-6-15-29)35(30)41-25-31(34)27-19-17-26(18-20-27)11-7-9-23-39-33-16-8-10-24-40-33/h1-6,12-15,17-22,25,33H,7-11,16,23-24H2. The first-order valence-electron chi connectivity index (χ1n) is 15.1. The van der Waals surface area contributed by atoms with Gasteiger partial charge in [-0.05, 0) is 61.8 Å². The minimum Gasteiger partial charge on any atom is -0.459 e. The van der Waals surface area contributed by atoms with Gasteiger partial charge in [-0.15, -0.1) is 0 Å². The molecule has 1 aromatic heterocycles. The summed E-state index contributed by atoms with van der Waals surface area (Å²) in [4.78, 5) is 13.7. The Kier molecular flexibility index (Phi) is 7.71. The summed E-state index contributed by atoms with van der Waals surface area (Å²) in [7, 11) is 0. The van der Waals surface area contributed by atoms with Gasteiger partial charge in [-0.2, -0.15) is 0 Å². The Bertz CT molecular complexity index is 1700. The molecular formula is C37H34O6. The fourth-order valence-electron chi connectivity index (χ4n) is 5.91. The molecule has 2 aliphatic heterocycles. The smallest absolute Gasteiger partial charge is 0.305 e. The van der Waals surface area contributed by atoms with Gasteiger partial charge in [0.25, 0.3) is 0 Å². The third-order valence-electron chi connectivity index (χ3n) is 8.23. The molecule has 5 aromatic rings. The van der Waals surface area contributed by atoms with Crippen molar-refractivity contribution in [2.75, 3.05) is 13.2 Å². The van der Waals surface area contributed by atoms with Crippen LogP contribution < -0.4 is 14.9 Å². The van der Waals surface area contributed by atoms with E-state index in [1.165, 1.54) is 18.2 Å². The van der Waals surface area contributed by atoms with Crippen LogP contribution in [0.5, 0.6) is 11.5 Å². The van der Waals surface area contributed by atoms with Gasteiger partial charge in [0.15, 0.2) is 17.6 Å². The normalized spacial score (nSPS) is 17.3. The summed E-state index contributed by atoms with van der Waals surface area (Å²) in [5, 5.41) is 0.447. The van der Waals surface area contributed by atoms with Crippen molar-refractivity contribution in [3.8, 4) is 22.6 Å². The second-order valence-corrected chi connectivity index (χ2v) is 11.1. The molecule has 0 bridgehead atoms.